The molecule has 0 heterocycles. The molecule has 1 unspecified atom stereocenters. The lowest BCUT2D eigenvalue weighted by Crippen LogP contribution is -2.29. The second-order valence-electron chi connectivity index (χ2n) is 3.03. The number of thiocarbonyl (C=S) groups is 1. The van der Waals surface area contributed by atoms with E-state index in [2.05, 4.69) is 13.8 Å². The Morgan fingerprint density at radius 1 is 1.55 bits per heavy atom. The summed E-state index contributed by atoms with van der Waals surface area (Å²) >= 11 is 4.82. The average molecular weight is 175 g/mol. The molecule has 11 heavy (non-hydrogen) atoms. The lowest BCUT2D eigenvalue weighted by atomic mass is 10.2. The normalized spacial score (nSPS) is 13.5. The third-order valence-electron chi connectivity index (χ3n) is 1.32. The van der Waals surface area contributed by atoms with Crippen molar-refractivity contribution in [2.75, 3.05) is 6.61 Å². The Morgan fingerprint density at radius 2 is 2.09 bits per heavy atom. The maximum atomic E-state index is 5.45. The van der Waals surface area contributed by atoms with Gasteiger partial charge in [0.2, 0.25) is 0 Å². The molecule has 2 N–H and O–H groups in total. The number of ether oxygens (including phenoxy) is 1. The van der Waals surface area contributed by atoms with E-state index in [0.717, 1.165) is 13.0 Å². The summed E-state index contributed by atoms with van der Waals surface area (Å²) in [4.78, 5) is 0.466. The van der Waals surface area contributed by atoms with Gasteiger partial charge in [-0.15, -0.1) is 0 Å². The molecule has 0 bridgehead atoms. The van der Waals surface area contributed by atoms with Gasteiger partial charge in [-0.25, -0.2) is 0 Å². The highest BCUT2D eigenvalue weighted by Crippen LogP contribution is 2.01. The Hall–Kier alpha value is -0.150. The van der Waals surface area contributed by atoms with E-state index in [-0.39, 0.29) is 6.10 Å². The summed E-state index contributed by atoms with van der Waals surface area (Å²) in [6.45, 7) is 6.96. The van der Waals surface area contributed by atoms with Gasteiger partial charge in [0.1, 0.15) is 11.1 Å². The van der Waals surface area contributed by atoms with Crippen molar-refractivity contribution < 1.29 is 4.74 Å². The molecule has 0 aliphatic heterocycles. The summed E-state index contributed by atoms with van der Waals surface area (Å²) in [5, 5.41) is 0. The van der Waals surface area contributed by atoms with Crippen LogP contribution in [0.2, 0.25) is 0 Å². The molecular weight excluding hydrogens is 158 g/mol. The van der Waals surface area contributed by atoms with Crippen molar-refractivity contribution in [2.24, 2.45) is 11.7 Å². The van der Waals surface area contributed by atoms with Crippen LogP contribution in [0.1, 0.15) is 27.2 Å². The quantitative estimate of drug-likeness (QED) is 0.646. The Kier molecular flexibility index (Phi) is 5.42. The van der Waals surface area contributed by atoms with Crippen molar-refractivity contribution in [3.05, 3.63) is 0 Å². The molecule has 0 saturated heterocycles. The Balaban J connectivity index is 3.61. The van der Waals surface area contributed by atoms with E-state index in [4.69, 9.17) is 22.7 Å². The Labute approximate surface area is 74.1 Å². The highest BCUT2D eigenvalue weighted by molar-refractivity contribution is 7.80. The van der Waals surface area contributed by atoms with Crippen LogP contribution in [0.4, 0.5) is 0 Å². The molecule has 0 rings (SSSR count). The molecule has 2 nitrogen and oxygen atoms in total. The first-order valence-corrected chi connectivity index (χ1v) is 4.39. The molecule has 0 amide bonds. The molecule has 0 aromatic rings. The van der Waals surface area contributed by atoms with Gasteiger partial charge in [-0.3, -0.25) is 0 Å². The lowest BCUT2D eigenvalue weighted by molar-refractivity contribution is 0.0753. The van der Waals surface area contributed by atoms with Gasteiger partial charge in [0, 0.05) is 6.61 Å². The first kappa shape index (κ1) is 10.8. The van der Waals surface area contributed by atoms with Gasteiger partial charge < -0.3 is 10.5 Å². The van der Waals surface area contributed by atoms with Crippen molar-refractivity contribution in [1.82, 2.24) is 0 Å². The predicted octanol–water partition coefficient (Wildman–Crippen LogP) is 1.72. The van der Waals surface area contributed by atoms with E-state index in [9.17, 15) is 0 Å². The second-order valence-corrected chi connectivity index (χ2v) is 3.50. The summed E-state index contributed by atoms with van der Waals surface area (Å²) in [6.07, 6.45) is 0.828. The molecule has 0 aromatic carbocycles. The third kappa shape index (κ3) is 5.16. The van der Waals surface area contributed by atoms with Crippen LogP contribution in [0.5, 0.6) is 0 Å². The summed E-state index contributed by atoms with van der Waals surface area (Å²) in [6, 6.07) is 0. The summed E-state index contributed by atoms with van der Waals surface area (Å²) in [5.74, 6) is 0.540. The minimum atomic E-state index is -0.0348. The van der Waals surface area contributed by atoms with E-state index in [1.54, 1.807) is 0 Å². The lowest BCUT2D eigenvalue weighted by Gasteiger charge is -2.15. The van der Waals surface area contributed by atoms with Crippen molar-refractivity contribution in [3.63, 3.8) is 0 Å². The molecule has 0 aliphatic carbocycles. The monoisotopic (exact) mass is 175 g/mol. The predicted molar refractivity (Wildman–Crippen MR) is 51.7 cm³/mol. The molecule has 0 aliphatic rings. The zero-order valence-corrected chi connectivity index (χ0v) is 8.28. The van der Waals surface area contributed by atoms with Crippen LogP contribution < -0.4 is 5.73 Å². The van der Waals surface area contributed by atoms with Crippen molar-refractivity contribution in [3.8, 4) is 0 Å². The largest absolute Gasteiger partial charge is 0.391 e. The molecule has 3 heteroatoms. The molecule has 0 fully saturated rings. The fraction of sp³-hybridized carbons (Fsp3) is 0.875. The van der Waals surface area contributed by atoms with E-state index >= 15 is 0 Å². The highest BCUT2D eigenvalue weighted by atomic mass is 32.1. The van der Waals surface area contributed by atoms with E-state index < -0.39 is 0 Å². The molecule has 0 spiro atoms. The van der Waals surface area contributed by atoms with Crippen molar-refractivity contribution in [2.45, 2.75) is 33.3 Å². The third-order valence-corrected chi connectivity index (χ3v) is 1.58. The maximum Gasteiger partial charge on any atom is 0.107 e. The van der Waals surface area contributed by atoms with Crippen LogP contribution in [0.3, 0.4) is 0 Å². The standard InChI is InChI=1S/C8H17NOS/c1-4-7(8(9)11)10-5-6(2)3/h6-7H,4-5H2,1-3H3,(H2,9,11). The molecule has 1 atom stereocenters. The minimum Gasteiger partial charge on any atom is -0.391 e. The first-order chi connectivity index (χ1) is 5.07. The van der Waals surface area contributed by atoms with Gasteiger partial charge in [0.05, 0.1) is 0 Å². The number of hydrogen-bond donors (Lipinski definition) is 1. The van der Waals surface area contributed by atoms with Gasteiger partial charge in [0.25, 0.3) is 0 Å². The molecular formula is C8H17NOS. The van der Waals surface area contributed by atoms with Crippen LogP contribution in [-0.4, -0.2) is 17.7 Å². The Bertz CT molecular complexity index is 125. The van der Waals surface area contributed by atoms with Crippen molar-refractivity contribution >= 4 is 17.2 Å². The fourth-order valence-electron chi connectivity index (χ4n) is 0.710. The zero-order valence-electron chi connectivity index (χ0n) is 7.46. The van der Waals surface area contributed by atoms with Gasteiger partial charge in [0.15, 0.2) is 0 Å². The van der Waals surface area contributed by atoms with Crippen LogP contribution in [0.25, 0.3) is 0 Å². The van der Waals surface area contributed by atoms with Gasteiger partial charge in [-0.1, -0.05) is 33.0 Å². The van der Waals surface area contributed by atoms with Gasteiger partial charge >= 0.3 is 0 Å². The summed E-state index contributed by atoms with van der Waals surface area (Å²) in [5.41, 5.74) is 5.44. The van der Waals surface area contributed by atoms with Crippen LogP contribution in [0, 0.1) is 5.92 Å². The van der Waals surface area contributed by atoms with E-state index in [1.165, 1.54) is 0 Å². The van der Waals surface area contributed by atoms with Crippen molar-refractivity contribution in [1.29, 1.82) is 0 Å². The van der Waals surface area contributed by atoms with Crippen LogP contribution in [-0.2, 0) is 4.74 Å². The molecule has 0 aromatic heterocycles. The fourth-order valence-corrected chi connectivity index (χ4v) is 0.944. The van der Waals surface area contributed by atoms with Crippen LogP contribution in [0.15, 0.2) is 0 Å². The summed E-state index contributed by atoms with van der Waals surface area (Å²) < 4.78 is 5.45. The molecule has 0 saturated carbocycles. The second kappa shape index (κ2) is 5.49. The van der Waals surface area contributed by atoms with Crippen LogP contribution >= 0.6 is 12.2 Å². The average Bonchev–Trinajstić information content (AvgIpc) is 1.87. The number of nitrogens with two attached hydrogens (primary N) is 1. The SMILES string of the molecule is CCC(OCC(C)C)C(N)=S. The number of rotatable bonds is 5. The van der Waals surface area contributed by atoms with Gasteiger partial charge in [-0.2, -0.15) is 0 Å². The highest BCUT2D eigenvalue weighted by Gasteiger charge is 2.09. The topological polar surface area (TPSA) is 35.2 Å². The zero-order chi connectivity index (χ0) is 8.85. The first-order valence-electron chi connectivity index (χ1n) is 3.98. The molecule has 66 valence electrons. The smallest absolute Gasteiger partial charge is 0.107 e. The molecule has 0 radical (unpaired) electrons. The Morgan fingerprint density at radius 3 is 2.36 bits per heavy atom. The van der Waals surface area contributed by atoms with E-state index in [1.807, 2.05) is 6.92 Å². The van der Waals surface area contributed by atoms with E-state index in [0.29, 0.717) is 10.9 Å². The van der Waals surface area contributed by atoms with Gasteiger partial charge in [-0.05, 0) is 12.3 Å². The maximum absolute atomic E-state index is 5.45. The summed E-state index contributed by atoms with van der Waals surface area (Å²) in [7, 11) is 0. The minimum absolute atomic E-state index is 0.0348. The number of hydrogen-bond acceptors (Lipinski definition) is 2.